The van der Waals surface area contributed by atoms with E-state index in [2.05, 4.69) is 5.32 Å². The minimum atomic E-state index is -4.07. The maximum Gasteiger partial charge on any atom is 0.244 e. The normalized spacial score (nSPS) is 12.0. The number of carbonyl (C=O) groups excluding carboxylic acids is 2. The average molecular weight is 530 g/mol. The predicted molar refractivity (Wildman–Crippen MR) is 138 cm³/mol. The van der Waals surface area contributed by atoms with Crippen LogP contribution in [0.3, 0.4) is 0 Å². The minimum absolute atomic E-state index is 0.0272. The van der Waals surface area contributed by atoms with Crippen molar-refractivity contribution in [3.8, 4) is 0 Å². The standard InChI is InChI=1S/C27H29F2N3O4S/c1-19-9-11-21(12-10-19)17-31(25(27(34)30-2)15-20-7-5-4-6-8-20)26(33)18-32(37(3,35)36)22-13-14-23(28)24(29)16-22/h4-14,16,25H,15,17-18H2,1-3H3,(H,30,34)/t25-/m0/s1. The molecule has 2 amide bonds. The molecular weight excluding hydrogens is 500 g/mol. The van der Waals surface area contributed by atoms with E-state index in [1.807, 2.05) is 61.5 Å². The number of likely N-dealkylation sites (N-methyl/N-ethyl adjacent to an activating group) is 1. The fourth-order valence-electron chi connectivity index (χ4n) is 3.86. The molecule has 10 heteroatoms. The second kappa shape index (κ2) is 12.0. The van der Waals surface area contributed by atoms with Crippen molar-refractivity contribution < 1.29 is 26.8 Å². The van der Waals surface area contributed by atoms with Gasteiger partial charge in [-0.15, -0.1) is 0 Å². The van der Waals surface area contributed by atoms with Crippen molar-refractivity contribution in [3.05, 3.63) is 101 Å². The van der Waals surface area contributed by atoms with Crippen LogP contribution in [-0.2, 0) is 32.6 Å². The first-order valence-electron chi connectivity index (χ1n) is 11.5. The summed E-state index contributed by atoms with van der Waals surface area (Å²) < 4.78 is 53.3. The molecule has 3 rings (SSSR count). The van der Waals surface area contributed by atoms with E-state index in [0.29, 0.717) is 10.4 Å². The van der Waals surface area contributed by atoms with E-state index in [9.17, 15) is 26.8 Å². The van der Waals surface area contributed by atoms with E-state index >= 15 is 0 Å². The zero-order valence-electron chi connectivity index (χ0n) is 20.8. The van der Waals surface area contributed by atoms with Gasteiger partial charge in [-0.1, -0.05) is 60.2 Å². The Bertz CT molecular complexity index is 1350. The Balaban J connectivity index is 2.03. The Morgan fingerprint density at radius 1 is 0.919 bits per heavy atom. The molecule has 7 nitrogen and oxygen atoms in total. The first-order chi connectivity index (χ1) is 17.5. The Morgan fingerprint density at radius 2 is 1.57 bits per heavy atom. The van der Waals surface area contributed by atoms with Gasteiger partial charge in [0.25, 0.3) is 0 Å². The van der Waals surface area contributed by atoms with Crippen LogP contribution in [-0.4, -0.2) is 51.0 Å². The van der Waals surface area contributed by atoms with Crippen LogP contribution in [0.4, 0.5) is 14.5 Å². The SMILES string of the molecule is CNC(=O)[C@H](Cc1ccccc1)N(Cc1ccc(C)cc1)C(=O)CN(c1ccc(F)c(F)c1)S(C)(=O)=O. The molecule has 0 aromatic heterocycles. The molecule has 0 spiro atoms. The van der Waals surface area contributed by atoms with Gasteiger partial charge in [-0.25, -0.2) is 17.2 Å². The highest BCUT2D eigenvalue weighted by atomic mass is 32.2. The molecular formula is C27H29F2N3O4S. The van der Waals surface area contributed by atoms with Gasteiger partial charge in [0.15, 0.2) is 11.6 Å². The van der Waals surface area contributed by atoms with Crippen LogP contribution >= 0.6 is 0 Å². The Labute approximate surface area is 215 Å². The summed E-state index contributed by atoms with van der Waals surface area (Å²) in [6, 6.07) is 18.1. The highest BCUT2D eigenvalue weighted by Gasteiger charge is 2.32. The summed E-state index contributed by atoms with van der Waals surface area (Å²) in [5.41, 5.74) is 2.35. The predicted octanol–water partition coefficient (Wildman–Crippen LogP) is 3.43. The lowest BCUT2D eigenvalue weighted by Gasteiger charge is -2.33. The second-order valence-corrected chi connectivity index (χ2v) is 10.6. The smallest absolute Gasteiger partial charge is 0.244 e. The number of anilines is 1. The first kappa shape index (κ1) is 27.8. The largest absolute Gasteiger partial charge is 0.357 e. The van der Waals surface area contributed by atoms with Crippen LogP contribution in [0.2, 0.25) is 0 Å². The highest BCUT2D eigenvalue weighted by Crippen LogP contribution is 2.22. The zero-order chi connectivity index (χ0) is 27.2. The molecule has 0 unspecified atom stereocenters. The first-order valence-corrected chi connectivity index (χ1v) is 13.4. The van der Waals surface area contributed by atoms with Crippen LogP contribution in [0.1, 0.15) is 16.7 Å². The number of benzene rings is 3. The van der Waals surface area contributed by atoms with E-state index in [1.54, 1.807) is 0 Å². The lowest BCUT2D eigenvalue weighted by Crippen LogP contribution is -2.52. The van der Waals surface area contributed by atoms with E-state index in [1.165, 1.54) is 11.9 Å². The molecule has 0 aliphatic heterocycles. The number of nitrogens with one attached hydrogen (secondary N) is 1. The Kier molecular flexibility index (Phi) is 8.99. The molecule has 0 aliphatic carbocycles. The van der Waals surface area contributed by atoms with Crippen molar-refractivity contribution in [2.24, 2.45) is 0 Å². The van der Waals surface area contributed by atoms with Crippen LogP contribution in [0.5, 0.6) is 0 Å². The molecule has 0 saturated heterocycles. The summed E-state index contributed by atoms with van der Waals surface area (Å²) in [6.07, 6.45) is 1.05. The number of nitrogens with zero attached hydrogens (tertiary/aromatic N) is 2. The molecule has 1 atom stereocenters. The number of carbonyl (C=O) groups is 2. The van der Waals surface area contributed by atoms with Crippen LogP contribution in [0.25, 0.3) is 0 Å². The molecule has 3 aromatic carbocycles. The summed E-state index contributed by atoms with van der Waals surface area (Å²) in [4.78, 5) is 28.0. The molecule has 0 radical (unpaired) electrons. The zero-order valence-corrected chi connectivity index (χ0v) is 21.6. The lowest BCUT2D eigenvalue weighted by atomic mass is 10.0. The number of sulfonamides is 1. The minimum Gasteiger partial charge on any atom is -0.357 e. The third-order valence-electron chi connectivity index (χ3n) is 5.86. The molecule has 0 heterocycles. The van der Waals surface area contributed by atoms with Gasteiger partial charge < -0.3 is 10.2 Å². The van der Waals surface area contributed by atoms with Crippen molar-refractivity contribution in [2.45, 2.75) is 25.9 Å². The van der Waals surface area contributed by atoms with Gasteiger partial charge >= 0.3 is 0 Å². The van der Waals surface area contributed by atoms with Crippen molar-refractivity contribution in [3.63, 3.8) is 0 Å². The summed E-state index contributed by atoms with van der Waals surface area (Å²) in [7, 11) is -2.61. The van der Waals surface area contributed by atoms with E-state index in [0.717, 1.165) is 35.1 Å². The van der Waals surface area contributed by atoms with Gasteiger partial charge in [0.1, 0.15) is 12.6 Å². The average Bonchev–Trinajstić information content (AvgIpc) is 2.87. The molecule has 0 bridgehead atoms. The number of hydrogen-bond donors (Lipinski definition) is 1. The molecule has 37 heavy (non-hydrogen) atoms. The van der Waals surface area contributed by atoms with Crippen molar-refractivity contribution in [1.29, 1.82) is 0 Å². The second-order valence-electron chi connectivity index (χ2n) is 8.70. The van der Waals surface area contributed by atoms with Gasteiger partial charge in [0.05, 0.1) is 11.9 Å². The molecule has 196 valence electrons. The van der Waals surface area contributed by atoms with E-state index in [-0.39, 0.29) is 18.7 Å². The number of halogens is 2. The summed E-state index contributed by atoms with van der Waals surface area (Å²) >= 11 is 0. The van der Waals surface area contributed by atoms with Crippen LogP contribution in [0, 0.1) is 18.6 Å². The van der Waals surface area contributed by atoms with Gasteiger partial charge in [0.2, 0.25) is 21.8 Å². The number of rotatable bonds is 10. The molecule has 0 fully saturated rings. The third kappa shape index (κ3) is 7.36. The number of aryl methyl sites for hydroxylation is 1. The maximum absolute atomic E-state index is 13.9. The van der Waals surface area contributed by atoms with Gasteiger partial charge in [-0.3, -0.25) is 13.9 Å². The van der Waals surface area contributed by atoms with Gasteiger partial charge in [-0.05, 0) is 30.2 Å². The highest BCUT2D eigenvalue weighted by molar-refractivity contribution is 7.92. The summed E-state index contributed by atoms with van der Waals surface area (Å²) in [5, 5.41) is 2.59. The van der Waals surface area contributed by atoms with Crippen molar-refractivity contribution in [2.75, 3.05) is 24.2 Å². The quantitative estimate of drug-likeness (QED) is 0.436. The third-order valence-corrected chi connectivity index (χ3v) is 7.00. The molecule has 3 aromatic rings. The molecule has 1 N–H and O–H groups in total. The van der Waals surface area contributed by atoms with Crippen molar-refractivity contribution >= 4 is 27.5 Å². The van der Waals surface area contributed by atoms with Crippen molar-refractivity contribution in [1.82, 2.24) is 10.2 Å². The summed E-state index contributed by atoms with van der Waals surface area (Å²) in [6.45, 7) is 1.23. The fraction of sp³-hybridized carbons (Fsp3) is 0.259. The number of amides is 2. The van der Waals surface area contributed by atoms with E-state index < -0.39 is 46.1 Å². The molecule has 0 aliphatic rings. The fourth-order valence-corrected chi connectivity index (χ4v) is 4.71. The Hall–Kier alpha value is -3.79. The van der Waals surface area contributed by atoms with Crippen LogP contribution in [0.15, 0.2) is 72.8 Å². The van der Waals surface area contributed by atoms with Gasteiger partial charge in [-0.2, -0.15) is 0 Å². The lowest BCUT2D eigenvalue weighted by molar-refractivity contribution is -0.139. The molecule has 0 saturated carbocycles. The monoisotopic (exact) mass is 529 g/mol. The topological polar surface area (TPSA) is 86.8 Å². The summed E-state index contributed by atoms with van der Waals surface area (Å²) in [5.74, 6) is -3.50. The van der Waals surface area contributed by atoms with Gasteiger partial charge in [0, 0.05) is 26.1 Å². The number of hydrogen-bond acceptors (Lipinski definition) is 4. The Morgan fingerprint density at radius 3 is 2.14 bits per heavy atom. The van der Waals surface area contributed by atoms with E-state index in [4.69, 9.17) is 0 Å². The maximum atomic E-state index is 13.9. The van der Waals surface area contributed by atoms with Crippen LogP contribution < -0.4 is 9.62 Å².